The van der Waals surface area contributed by atoms with Crippen LogP contribution in [0.2, 0.25) is 0 Å². The Balaban J connectivity index is 1.79. The van der Waals surface area contributed by atoms with Gasteiger partial charge in [0, 0.05) is 27.8 Å². The fraction of sp³-hybridized carbons (Fsp3) is 0.250. The van der Waals surface area contributed by atoms with Crippen molar-refractivity contribution >= 4 is 34.3 Å². The second kappa shape index (κ2) is 5.71. The van der Waals surface area contributed by atoms with Crippen LogP contribution < -0.4 is 5.32 Å². The fourth-order valence-corrected chi connectivity index (χ4v) is 4.62. The lowest BCUT2D eigenvalue weighted by molar-refractivity contribution is 0.101. The van der Waals surface area contributed by atoms with Crippen molar-refractivity contribution in [2.24, 2.45) is 0 Å². The number of carbonyl (C=O) groups excluding carboxylic acids is 1. The van der Waals surface area contributed by atoms with Crippen LogP contribution in [0.15, 0.2) is 47.4 Å². The molecule has 0 radical (unpaired) electrons. The van der Waals surface area contributed by atoms with Gasteiger partial charge in [-0.1, -0.05) is 37.3 Å². The first-order valence-corrected chi connectivity index (χ1v) is 9.09. The van der Waals surface area contributed by atoms with E-state index in [9.17, 15) is 4.79 Å². The molecule has 3 aromatic rings. The quantitative estimate of drug-likeness (QED) is 0.714. The van der Waals surface area contributed by atoms with Crippen LogP contribution in [-0.4, -0.2) is 15.7 Å². The summed E-state index contributed by atoms with van der Waals surface area (Å²) < 4.78 is 2.18. The summed E-state index contributed by atoms with van der Waals surface area (Å²) in [6.07, 6.45) is 0. The topological polar surface area (TPSA) is 34.0 Å². The number of rotatable bonds is 2. The summed E-state index contributed by atoms with van der Waals surface area (Å²) in [6, 6.07) is 14.4. The zero-order valence-electron chi connectivity index (χ0n) is 14.1. The summed E-state index contributed by atoms with van der Waals surface area (Å²) in [5.41, 5.74) is 5.02. The number of hydrogen-bond acceptors (Lipinski definition) is 2. The number of thioether (sulfide) groups is 1. The number of aromatic nitrogens is 1. The van der Waals surface area contributed by atoms with E-state index in [1.54, 1.807) is 0 Å². The van der Waals surface area contributed by atoms with E-state index in [-0.39, 0.29) is 5.91 Å². The molecule has 3 nitrogen and oxygen atoms in total. The van der Waals surface area contributed by atoms with E-state index in [4.69, 9.17) is 0 Å². The van der Waals surface area contributed by atoms with Crippen LogP contribution in [-0.2, 0) is 6.54 Å². The van der Waals surface area contributed by atoms with Crippen molar-refractivity contribution in [2.45, 2.75) is 37.5 Å². The van der Waals surface area contributed by atoms with Crippen molar-refractivity contribution in [1.82, 2.24) is 4.57 Å². The molecule has 2 aromatic carbocycles. The minimum atomic E-state index is -0.0337. The Kier molecular flexibility index (Phi) is 3.65. The molecule has 24 heavy (non-hydrogen) atoms. The number of anilines is 1. The molecule has 1 N–H and O–H groups in total. The largest absolute Gasteiger partial charge is 0.334 e. The summed E-state index contributed by atoms with van der Waals surface area (Å²) in [6.45, 7) is 7.12. The molecule has 0 saturated carbocycles. The van der Waals surface area contributed by atoms with Crippen molar-refractivity contribution in [3.8, 4) is 0 Å². The van der Waals surface area contributed by atoms with Gasteiger partial charge in [-0.05, 0) is 37.1 Å². The standard InChI is InChI=1S/C20H20N2OS/c1-12-6-4-7-13(2)18(12)21-20(23)16-10-15-8-5-9-17-19(15)22(16)11-14(3)24-17/h4-10,14H,11H2,1-3H3,(H,21,23)/t14-/m1/s1. The van der Waals surface area contributed by atoms with Crippen LogP contribution >= 0.6 is 11.8 Å². The third-order valence-electron chi connectivity index (χ3n) is 4.60. The van der Waals surface area contributed by atoms with E-state index >= 15 is 0 Å². The third-order valence-corrected chi connectivity index (χ3v) is 5.74. The van der Waals surface area contributed by atoms with Crippen LogP contribution in [0.5, 0.6) is 0 Å². The lowest BCUT2D eigenvalue weighted by Gasteiger charge is -2.23. The predicted octanol–water partition coefficient (Wildman–Crippen LogP) is 5.00. The number of amides is 1. The minimum absolute atomic E-state index is 0.0337. The molecule has 1 aromatic heterocycles. The highest BCUT2D eigenvalue weighted by molar-refractivity contribution is 8.00. The highest BCUT2D eigenvalue weighted by Crippen LogP contribution is 2.38. The number of nitrogens with zero attached hydrogens (tertiary/aromatic N) is 1. The molecule has 0 aliphatic carbocycles. The average Bonchev–Trinajstić information content (AvgIpc) is 2.91. The van der Waals surface area contributed by atoms with Gasteiger partial charge in [-0.2, -0.15) is 0 Å². The highest BCUT2D eigenvalue weighted by atomic mass is 32.2. The Morgan fingerprint density at radius 2 is 1.88 bits per heavy atom. The smallest absolute Gasteiger partial charge is 0.272 e. The molecule has 0 bridgehead atoms. The van der Waals surface area contributed by atoms with Gasteiger partial charge < -0.3 is 9.88 Å². The molecule has 1 amide bonds. The Bertz CT molecular complexity index is 937. The molecular formula is C20H20N2OS. The third kappa shape index (κ3) is 2.42. The summed E-state index contributed by atoms with van der Waals surface area (Å²) in [5.74, 6) is -0.0337. The number of para-hydroxylation sites is 2. The molecule has 2 heterocycles. The van der Waals surface area contributed by atoms with Gasteiger partial charge in [-0.15, -0.1) is 11.8 Å². The molecular weight excluding hydrogens is 316 g/mol. The summed E-state index contributed by atoms with van der Waals surface area (Å²) in [5, 5.41) is 4.72. The van der Waals surface area contributed by atoms with E-state index in [0.717, 1.165) is 34.4 Å². The van der Waals surface area contributed by atoms with Crippen molar-refractivity contribution in [3.63, 3.8) is 0 Å². The van der Waals surface area contributed by atoms with E-state index < -0.39 is 0 Å². The summed E-state index contributed by atoms with van der Waals surface area (Å²) in [7, 11) is 0. The number of benzene rings is 2. The van der Waals surface area contributed by atoms with Crippen molar-refractivity contribution in [1.29, 1.82) is 0 Å². The first-order chi connectivity index (χ1) is 11.5. The van der Waals surface area contributed by atoms with Crippen molar-refractivity contribution in [3.05, 3.63) is 59.3 Å². The van der Waals surface area contributed by atoms with E-state index in [2.05, 4.69) is 35.0 Å². The van der Waals surface area contributed by atoms with Crippen LogP contribution in [0.4, 0.5) is 5.69 Å². The van der Waals surface area contributed by atoms with Crippen molar-refractivity contribution < 1.29 is 4.79 Å². The molecule has 4 rings (SSSR count). The van der Waals surface area contributed by atoms with E-state index in [0.29, 0.717) is 5.25 Å². The van der Waals surface area contributed by atoms with Gasteiger partial charge in [0.05, 0.1) is 5.52 Å². The Hall–Kier alpha value is -2.20. The molecule has 4 heteroatoms. The maximum Gasteiger partial charge on any atom is 0.272 e. The lowest BCUT2D eigenvalue weighted by Crippen LogP contribution is -2.22. The molecule has 122 valence electrons. The first-order valence-electron chi connectivity index (χ1n) is 8.21. The SMILES string of the molecule is Cc1cccc(C)c1NC(=O)c1cc2cccc3c2n1C[C@@H](C)S3. The van der Waals surface area contributed by atoms with Crippen LogP contribution in [0.3, 0.4) is 0 Å². The maximum atomic E-state index is 13.0. The summed E-state index contributed by atoms with van der Waals surface area (Å²) in [4.78, 5) is 14.2. The molecule has 1 atom stereocenters. The molecule has 0 spiro atoms. The van der Waals surface area contributed by atoms with Gasteiger partial charge in [0.15, 0.2) is 0 Å². The monoisotopic (exact) mass is 336 g/mol. The molecule has 0 fully saturated rings. The molecule has 0 unspecified atom stereocenters. The first kappa shape index (κ1) is 15.3. The molecule has 1 aliphatic heterocycles. The number of nitrogens with one attached hydrogen (secondary N) is 1. The average molecular weight is 336 g/mol. The maximum absolute atomic E-state index is 13.0. The Morgan fingerprint density at radius 3 is 2.62 bits per heavy atom. The number of aryl methyl sites for hydroxylation is 2. The number of hydrogen-bond donors (Lipinski definition) is 1. The van der Waals surface area contributed by atoms with Crippen LogP contribution in [0, 0.1) is 13.8 Å². The molecule has 0 saturated heterocycles. The fourth-order valence-electron chi connectivity index (χ4n) is 3.46. The predicted molar refractivity (Wildman–Crippen MR) is 101 cm³/mol. The highest BCUT2D eigenvalue weighted by Gasteiger charge is 2.24. The normalized spacial score (nSPS) is 16.4. The van der Waals surface area contributed by atoms with Gasteiger partial charge in [0.2, 0.25) is 0 Å². The zero-order chi connectivity index (χ0) is 16.8. The van der Waals surface area contributed by atoms with Gasteiger partial charge in [-0.3, -0.25) is 4.79 Å². The lowest BCUT2D eigenvalue weighted by atomic mass is 10.1. The summed E-state index contributed by atoms with van der Waals surface area (Å²) >= 11 is 1.89. The van der Waals surface area contributed by atoms with Gasteiger partial charge in [0.1, 0.15) is 5.69 Å². The van der Waals surface area contributed by atoms with Gasteiger partial charge in [0.25, 0.3) is 5.91 Å². The van der Waals surface area contributed by atoms with E-state index in [1.807, 2.05) is 49.9 Å². The molecule has 1 aliphatic rings. The number of carbonyl (C=O) groups is 1. The van der Waals surface area contributed by atoms with Gasteiger partial charge in [-0.25, -0.2) is 0 Å². The Morgan fingerprint density at radius 1 is 1.17 bits per heavy atom. The Labute approximate surface area is 146 Å². The minimum Gasteiger partial charge on any atom is -0.334 e. The second-order valence-corrected chi connectivity index (χ2v) is 7.96. The van der Waals surface area contributed by atoms with Crippen LogP contribution in [0.25, 0.3) is 10.9 Å². The van der Waals surface area contributed by atoms with Crippen LogP contribution in [0.1, 0.15) is 28.5 Å². The zero-order valence-corrected chi connectivity index (χ0v) is 14.9. The van der Waals surface area contributed by atoms with Gasteiger partial charge >= 0.3 is 0 Å². The second-order valence-electron chi connectivity index (χ2n) is 6.48. The van der Waals surface area contributed by atoms with E-state index in [1.165, 1.54) is 10.4 Å². The van der Waals surface area contributed by atoms with Crippen molar-refractivity contribution in [2.75, 3.05) is 5.32 Å².